The third kappa shape index (κ3) is 5.60. The molecule has 0 spiro atoms. The highest BCUT2D eigenvalue weighted by molar-refractivity contribution is 7.98. The molecule has 0 unspecified atom stereocenters. The molecule has 0 aliphatic heterocycles. The van der Waals surface area contributed by atoms with Crippen LogP contribution in [0.2, 0.25) is 0 Å². The Balaban J connectivity index is 1.34. The van der Waals surface area contributed by atoms with E-state index in [-0.39, 0.29) is 6.61 Å². The van der Waals surface area contributed by atoms with Gasteiger partial charge in [0.2, 0.25) is 0 Å². The molecule has 0 aliphatic carbocycles. The van der Waals surface area contributed by atoms with Gasteiger partial charge in [0, 0.05) is 16.7 Å². The van der Waals surface area contributed by atoms with Crippen LogP contribution >= 0.6 is 23.1 Å². The van der Waals surface area contributed by atoms with Crippen LogP contribution in [0.25, 0.3) is 10.6 Å². The van der Waals surface area contributed by atoms with Gasteiger partial charge in [0.25, 0.3) is 11.1 Å². The van der Waals surface area contributed by atoms with E-state index in [2.05, 4.69) is 10.2 Å². The third-order valence-corrected chi connectivity index (χ3v) is 6.20. The summed E-state index contributed by atoms with van der Waals surface area (Å²) in [6, 6.07) is 13.7. The molecule has 4 aromatic rings. The van der Waals surface area contributed by atoms with Gasteiger partial charge in [-0.25, -0.2) is 4.98 Å². The summed E-state index contributed by atoms with van der Waals surface area (Å²) in [5.74, 6) is 3.27. The molecule has 0 N–H and O–H groups in total. The van der Waals surface area contributed by atoms with E-state index in [0.717, 1.165) is 33.3 Å². The molecule has 32 heavy (non-hydrogen) atoms. The van der Waals surface area contributed by atoms with Crippen molar-refractivity contribution >= 4 is 23.1 Å². The van der Waals surface area contributed by atoms with Crippen molar-refractivity contribution in [3.05, 3.63) is 65.0 Å². The Morgan fingerprint density at radius 3 is 2.78 bits per heavy atom. The van der Waals surface area contributed by atoms with Crippen LogP contribution in [0.5, 0.6) is 17.2 Å². The van der Waals surface area contributed by atoms with Crippen LogP contribution in [0, 0.1) is 6.92 Å². The molecule has 2 aromatic carbocycles. The summed E-state index contributed by atoms with van der Waals surface area (Å²) in [6.45, 7) is 4.79. The second-order valence-electron chi connectivity index (χ2n) is 6.80. The van der Waals surface area contributed by atoms with E-state index in [0.29, 0.717) is 29.2 Å². The molecule has 0 bridgehead atoms. The maximum atomic E-state index is 5.71. The van der Waals surface area contributed by atoms with Gasteiger partial charge in [0.15, 0.2) is 18.1 Å². The number of nitrogens with zero attached hydrogens (tertiary/aromatic N) is 3. The first-order chi connectivity index (χ1) is 15.6. The number of thioether (sulfide) groups is 1. The second kappa shape index (κ2) is 10.5. The summed E-state index contributed by atoms with van der Waals surface area (Å²) in [5, 5.41) is 11.6. The van der Waals surface area contributed by atoms with Gasteiger partial charge in [-0.05, 0) is 49.7 Å². The summed E-state index contributed by atoms with van der Waals surface area (Å²) in [7, 11) is 1.64. The molecule has 2 aromatic heterocycles. The van der Waals surface area contributed by atoms with Crippen LogP contribution in [-0.4, -0.2) is 28.9 Å². The summed E-state index contributed by atoms with van der Waals surface area (Å²) in [6.07, 6.45) is 0. The highest BCUT2D eigenvalue weighted by atomic mass is 32.2. The summed E-state index contributed by atoms with van der Waals surface area (Å²) in [5.41, 5.74) is 3.06. The molecule has 0 amide bonds. The van der Waals surface area contributed by atoms with Gasteiger partial charge in [0.1, 0.15) is 10.8 Å². The minimum Gasteiger partial charge on any atom is -0.493 e. The quantitative estimate of drug-likeness (QED) is 0.270. The van der Waals surface area contributed by atoms with Gasteiger partial charge in [-0.2, -0.15) is 0 Å². The molecule has 4 rings (SSSR count). The van der Waals surface area contributed by atoms with E-state index in [1.807, 2.05) is 61.7 Å². The number of hydrogen-bond donors (Lipinski definition) is 0. The lowest BCUT2D eigenvalue weighted by molar-refractivity contribution is 0.252. The van der Waals surface area contributed by atoms with Crippen LogP contribution in [0.1, 0.15) is 24.1 Å². The number of rotatable bonds is 10. The average molecular weight is 470 g/mol. The Morgan fingerprint density at radius 2 is 1.97 bits per heavy atom. The average Bonchev–Trinajstić information content (AvgIpc) is 3.46. The lowest BCUT2D eigenvalue weighted by atomic mass is 10.2. The first-order valence-electron chi connectivity index (χ1n) is 10.0. The molecule has 0 fully saturated rings. The molecule has 9 heteroatoms. The standard InChI is InChI=1S/C23H23N3O4S2/c1-4-28-19-9-8-16(11-20(19)27-3)22-24-17(13-31-22)14-32-23-26-25-21(30-23)12-29-18-7-5-6-15(2)10-18/h5-11,13H,4,12,14H2,1-3H3. The van der Waals surface area contributed by atoms with Crippen molar-refractivity contribution in [3.63, 3.8) is 0 Å². The SMILES string of the molecule is CCOc1ccc(-c2nc(CSc3nnc(COc4cccc(C)c4)o3)cs2)cc1OC. The van der Waals surface area contributed by atoms with Gasteiger partial charge < -0.3 is 18.6 Å². The first-order valence-corrected chi connectivity index (χ1v) is 11.9. The molecule has 0 saturated carbocycles. The maximum Gasteiger partial charge on any atom is 0.277 e. The van der Waals surface area contributed by atoms with Crippen LogP contribution in [0.3, 0.4) is 0 Å². The number of thiazole rings is 1. The zero-order valence-electron chi connectivity index (χ0n) is 18.0. The molecule has 0 radical (unpaired) electrons. The highest BCUT2D eigenvalue weighted by Gasteiger charge is 2.12. The summed E-state index contributed by atoms with van der Waals surface area (Å²) >= 11 is 3.03. The van der Waals surface area contributed by atoms with Gasteiger partial charge in [0.05, 0.1) is 19.4 Å². The number of aryl methyl sites for hydroxylation is 1. The van der Waals surface area contributed by atoms with E-state index in [4.69, 9.17) is 23.6 Å². The van der Waals surface area contributed by atoms with Crippen LogP contribution in [-0.2, 0) is 12.4 Å². The number of methoxy groups -OCH3 is 1. The van der Waals surface area contributed by atoms with Crippen molar-refractivity contribution in [2.24, 2.45) is 0 Å². The fraction of sp³-hybridized carbons (Fsp3) is 0.261. The fourth-order valence-corrected chi connectivity index (χ4v) is 4.52. The third-order valence-electron chi connectivity index (χ3n) is 4.41. The lowest BCUT2D eigenvalue weighted by Crippen LogP contribution is -1.95. The molecule has 166 valence electrons. The Labute approximate surface area is 194 Å². The number of benzene rings is 2. The molecule has 0 atom stereocenters. The van der Waals surface area contributed by atoms with Crippen LogP contribution < -0.4 is 14.2 Å². The fourth-order valence-electron chi connectivity index (χ4n) is 2.92. The van der Waals surface area contributed by atoms with Crippen molar-refractivity contribution in [2.45, 2.75) is 31.4 Å². The number of aromatic nitrogens is 3. The van der Waals surface area contributed by atoms with Gasteiger partial charge >= 0.3 is 0 Å². The monoisotopic (exact) mass is 469 g/mol. The van der Waals surface area contributed by atoms with Gasteiger partial charge in [-0.15, -0.1) is 21.5 Å². The molecule has 2 heterocycles. The van der Waals surface area contributed by atoms with Crippen molar-refractivity contribution in [1.82, 2.24) is 15.2 Å². The summed E-state index contributed by atoms with van der Waals surface area (Å²) in [4.78, 5) is 4.72. The molecular formula is C23H23N3O4S2. The zero-order chi connectivity index (χ0) is 22.3. The van der Waals surface area contributed by atoms with E-state index in [9.17, 15) is 0 Å². The Hall–Kier alpha value is -3.04. The number of hydrogen-bond acceptors (Lipinski definition) is 9. The van der Waals surface area contributed by atoms with E-state index < -0.39 is 0 Å². The number of ether oxygens (including phenoxy) is 3. The molecule has 7 nitrogen and oxygen atoms in total. The van der Waals surface area contributed by atoms with Crippen molar-refractivity contribution in [3.8, 4) is 27.8 Å². The predicted molar refractivity (Wildman–Crippen MR) is 125 cm³/mol. The van der Waals surface area contributed by atoms with Crippen molar-refractivity contribution < 1.29 is 18.6 Å². The first kappa shape index (κ1) is 22.2. The highest BCUT2D eigenvalue weighted by Crippen LogP contribution is 2.34. The molecular weight excluding hydrogens is 446 g/mol. The Kier molecular flexibility index (Phi) is 7.28. The molecule has 0 aliphatic rings. The van der Waals surface area contributed by atoms with Crippen molar-refractivity contribution in [2.75, 3.05) is 13.7 Å². The Bertz CT molecular complexity index is 1180. The maximum absolute atomic E-state index is 5.71. The largest absolute Gasteiger partial charge is 0.493 e. The normalized spacial score (nSPS) is 10.8. The second-order valence-corrected chi connectivity index (χ2v) is 8.58. The summed E-state index contributed by atoms with van der Waals surface area (Å²) < 4.78 is 22.4. The predicted octanol–water partition coefficient (Wildman–Crippen LogP) is 5.78. The van der Waals surface area contributed by atoms with Crippen LogP contribution in [0.15, 0.2) is 57.5 Å². The smallest absolute Gasteiger partial charge is 0.277 e. The lowest BCUT2D eigenvalue weighted by Gasteiger charge is -2.09. The van der Waals surface area contributed by atoms with Gasteiger partial charge in [-0.3, -0.25) is 0 Å². The van der Waals surface area contributed by atoms with Crippen molar-refractivity contribution in [1.29, 1.82) is 0 Å². The Morgan fingerprint density at radius 1 is 1.06 bits per heavy atom. The zero-order valence-corrected chi connectivity index (χ0v) is 19.7. The van der Waals surface area contributed by atoms with E-state index in [1.54, 1.807) is 18.4 Å². The minimum atomic E-state index is 0.234. The van der Waals surface area contributed by atoms with Crippen LogP contribution in [0.4, 0.5) is 0 Å². The van der Waals surface area contributed by atoms with Gasteiger partial charge in [-0.1, -0.05) is 23.9 Å². The minimum absolute atomic E-state index is 0.234. The molecule has 0 saturated heterocycles. The van der Waals surface area contributed by atoms with E-state index >= 15 is 0 Å². The van der Waals surface area contributed by atoms with E-state index in [1.165, 1.54) is 11.8 Å². The topological polar surface area (TPSA) is 79.5 Å².